The molecule has 3 rings (SSSR count). The van der Waals surface area contributed by atoms with Gasteiger partial charge in [0.25, 0.3) is 0 Å². The molecule has 0 radical (unpaired) electrons. The number of aromatic nitrogens is 1. The zero-order valence-electron chi connectivity index (χ0n) is 12.5. The molecular weight excluding hydrogens is 260 g/mol. The SMILES string of the molecule is CN1CCN(c2ccc(NCc3ccncc3)cc2)CC1. The number of anilines is 2. The van der Waals surface area contributed by atoms with Crippen LogP contribution < -0.4 is 10.2 Å². The van der Waals surface area contributed by atoms with E-state index in [1.54, 1.807) is 0 Å². The first-order chi connectivity index (χ1) is 10.3. The summed E-state index contributed by atoms with van der Waals surface area (Å²) in [6, 6.07) is 12.8. The Morgan fingerprint density at radius 1 is 0.952 bits per heavy atom. The van der Waals surface area contributed by atoms with E-state index >= 15 is 0 Å². The summed E-state index contributed by atoms with van der Waals surface area (Å²) in [5, 5.41) is 3.44. The Balaban J connectivity index is 1.57. The smallest absolute Gasteiger partial charge is 0.0401 e. The molecule has 1 aromatic heterocycles. The summed E-state index contributed by atoms with van der Waals surface area (Å²) >= 11 is 0. The Kier molecular flexibility index (Phi) is 4.36. The molecule has 1 aliphatic rings. The number of likely N-dealkylation sites (N-methyl/N-ethyl adjacent to an activating group) is 1. The summed E-state index contributed by atoms with van der Waals surface area (Å²) in [6.07, 6.45) is 3.65. The van der Waals surface area contributed by atoms with Crippen LogP contribution in [0.3, 0.4) is 0 Å². The van der Waals surface area contributed by atoms with E-state index < -0.39 is 0 Å². The van der Waals surface area contributed by atoms with Crippen molar-refractivity contribution in [2.24, 2.45) is 0 Å². The van der Waals surface area contributed by atoms with Crippen LogP contribution in [0.25, 0.3) is 0 Å². The molecule has 0 atom stereocenters. The summed E-state index contributed by atoms with van der Waals surface area (Å²) in [5.74, 6) is 0. The average molecular weight is 282 g/mol. The molecule has 0 amide bonds. The number of piperazine rings is 1. The Labute approximate surface area is 126 Å². The fraction of sp³-hybridized carbons (Fsp3) is 0.353. The van der Waals surface area contributed by atoms with Crippen LogP contribution in [0.2, 0.25) is 0 Å². The third-order valence-electron chi connectivity index (χ3n) is 3.98. The van der Waals surface area contributed by atoms with Gasteiger partial charge in [-0.05, 0) is 49.0 Å². The molecule has 1 aromatic carbocycles. The molecule has 0 aliphatic carbocycles. The van der Waals surface area contributed by atoms with Gasteiger partial charge >= 0.3 is 0 Å². The monoisotopic (exact) mass is 282 g/mol. The van der Waals surface area contributed by atoms with E-state index in [-0.39, 0.29) is 0 Å². The molecule has 0 saturated carbocycles. The second kappa shape index (κ2) is 6.59. The Morgan fingerprint density at radius 2 is 1.62 bits per heavy atom. The minimum Gasteiger partial charge on any atom is -0.381 e. The van der Waals surface area contributed by atoms with Crippen LogP contribution in [0.5, 0.6) is 0 Å². The number of benzene rings is 1. The molecule has 2 heterocycles. The van der Waals surface area contributed by atoms with E-state index in [0.29, 0.717) is 0 Å². The molecule has 21 heavy (non-hydrogen) atoms. The maximum atomic E-state index is 4.03. The quantitative estimate of drug-likeness (QED) is 0.933. The van der Waals surface area contributed by atoms with Gasteiger partial charge < -0.3 is 15.1 Å². The maximum Gasteiger partial charge on any atom is 0.0401 e. The summed E-state index contributed by atoms with van der Waals surface area (Å²) in [4.78, 5) is 8.86. The third kappa shape index (κ3) is 3.73. The van der Waals surface area contributed by atoms with Crippen molar-refractivity contribution in [2.45, 2.75) is 6.54 Å². The van der Waals surface area contributed by atoms with Crippen LogP contribution in [0.1, 0.15) is 5.56 Å². The van der Waals surface area contributed by atoms with Gasteiger partial charge in [0.1, 0.15) is 0 Å². The maximum absolute atomic E-state index is 4.03. The zero-order chi connectivity index (χ0) is 14.5. The van der Waals surface area contributed by atoms with Crippen LogP contribution >= 0.6 is 0 Å². The summed E-state index contributed by atoms with van der Waals surface area (Å²) < 4.78 is 0. The highest BCUT2D eigenvalue weighted by Gasteiger charge is 2.13. The van der Waals surface area contributed by atoms with Crippen molar-refractivity contribution in [1.82, 2.24) is 9.88 Å². The third-order valence-corrected chi connectivity index (χ3v) is 3.98. The molecule has 4 heteroatoms. The van der Waals surface area contributed by atoms with E-state index in [9.17, 15) is 0 Å². The fourth-order valence-corrected chi connectivity index (χ4v) is 2.56. The number of nitrogens with one attached hydrogen (secondary N) is 1. The van der Waals surface area contributed by atoms with Gasteiger partial charge in [0, 0.05) is 56.5 Å². The van der Waals surface area contributed by atoms with Crippen molar-refractivity contribution in [1.29, 1.82) is 0 Å². The van der Waals surface area contributed by atoms with Crippen molar-refractivity contribution in [3.8, 4) is 0 Å². The van der Waals surface area contributed by atoms with Crippen LogP contribution in [0.15, 0.2) is 48.8 Å². The average Bonchev–Trinajstić information content (AvgIpc) is 2.55. The van der Waals surface area contributed by atoms with E-state index in [0.717, 1.165) is 38.4 Å². The van der Waals surface area contributed by atoms with Crippen molar-refractivity contribution in [3.05, 3.63) is 54.4 Å². The number of pyridine rings is 1. The molecule has 0 unspecified atom stereocenters. The van der Waals surface area contributed by atoms with Crippen LogP contribution in [-0.4, -0.2) is 43.1 Å². The predicted molar refractivity (Wildman–Crippen MR) is 87.7 cm³/mol. The Bertz CT molecular complexity index is 545. The molecule has 0 bridgehead atoms. The standard InChI is InChI=1S/C17H22N4/c1-20-10-12-21(13-11-20)17-4-2-16(3-5-17)19-14-15-6-8-18-9-7-15/h2-9,19H,10-14H2,1H3. The topological polar surface area (TPSA) is 31.4 Å². The van der Waals surface area contributed by atoms with E-state index in [4.69, 9.17) is 0 Å². The normalized spacial score (nSPS) is 16.0. The van der Waals surface area contributed by atoms with Crippen molar-refractivity contribution >= 4 is 11.4 Å². The van der Waals surface area contributed by atoms with Crippen LogP contribution in [0, 0.1) is 0 Å². The molecule has 2 aromatic rings. The highest BCUT2D eigenvalue weighted by Crippen LogP contribution is 2.19. The highest BCUT2D eigenvalue weighted by atomic mass is 15.2. The van der Waals surface area contributed by atoms with Gasteiger partial charge in [0.15, 0.2) is 0 Å². The second-order valence-corrected chi connectivity index (χ2v) is 5.55. The van der Waals surface area contributed by atoms with Gasteiger partial charge in [-0.15, -0.1) is 0 Å². The van der Waals surface area contributed by atoms with Gasteiger partial charge in [0.05, 0.1) is 0 Å². The molecule has 1 N–H and O–H groups in total. The summed E-state index contributed by atoms with van der Waals surface area (Å²) in [6.45, 7) is 5.33. The van der Waals surface area contributed by atoms with Gasteiger partial charge in [0.2, 0.25) is 0 Å². The molecular formula is C17H22N4. The van der Waals surface area contributed by atoms with Crippen molar-refractivity contribution in [2.75, 3.05) is 43.4 Å². The van der Waals surface area contributed by atoms with Crippen molar-refractivity contribution in [3.63, 3.8) is 0 Å². The van der Waals surface area contributed by atoms with Crippen LogP contribution in [0.4, 0.5) is 11.4 Å². The van der Waals surface area contributed by atoms with E-state index in [1.807, 2.05) is 24.5 Å². The largest absolute Gasteiger partial charge is 0.381 e. The number of hydrogen-bond acceptors (Lipinski definition) is 4. The second-order valence-electron chi connectivity index (χ2n) is 5.55. The summed E-state index contributed by atoms with van der Waals surface area (Å²) in [7, 11) is 2.18. The Hall–Kier alpha value is -2.07. The summed E-state index contributed by atoms with van der Waals surface area (Å²) in [5.41, 5.74) is 3.72. The lowest BCUT2D eigenvalue weighted by atomic mass is 10.2. The van der Waals surface area contributed by atoms with Gasteiger partial charge in [-0.2, -0.15) is 0 Å². The first kappa shape index (κ1) is 13.9. The lowest BCUT2D eigenvalue weighted by Gasteiger charge is -2.34. The minimum atomic E-state index is 0.830. The van der Waals surface area contributed by atoms with E-state index in [2.05, 4.69) is 51.4 Å². The Morgan fingerprint density at radius 3 is 2.29 bits per heavy atom. The number of rotatable bonds is 4. The highest BCUT2D eigenvalue weighted by molar-refractivity contribution is 5.55. The fourth-order valence-electron chi connectivity index (χ4n) is 2.56. The van der Waals surface area contributed by atoms with Gasteiger partial charge in [-0.1, -0.05) is 0 Å². The molecule has 110 valence electrons. The van der Waals surface area contributed by atoms with E-state index in [1.165, 1.54) is 11.3 Å². The van der Waals surface area contributed by atoms with Crippen molar-refractivity contribution < 1.29 is 0 Å². The minimum absolute atomic E-state index is 0.830. The first-order valence-electron chi connectivity index (χ1n) is 7.47. The predicted octanol–water partition coefficient (Wildman–Crippen LogP) is 2.45. The molecule has 0 spiro atoms. The van der Waals surface area contributed by atoms with Crippen LogP contribution in [-0.2, 0) is 6.54 Å². The first-order valence-corrected chi connectivity index (χ1v) is 7.47. The lowest BCUT2D eigenvalue weighted by molar-refractivity contribution is 0.313. The lowest BCUT2D eigenvalue weighted by Crippen LogP contribution is -2.44. The van der Waals surface area contributed by atoms with Gasteiger partial charge in [-0.3, -0.25) is 4.98 Å². The number of hydrogen-bond donors (Lipinski definition) is 1. The molecule has 1 fully saturated rings. The number of nitrogens with zero attached hydrogens (tertiary/aromatic N) is 3. The van der Waals surface area contributed by atoms with Gasteiger partial charge in [-0.25, -0.2) is 0 Å². The molecule has 4 nitrogen and oxygen atoms in total. The molecule has 1 saturated heterocycles. The molecule has 1 aliphatic heterocycles. The zero-order valence-corrected chi connectivity index (χ0v) is 12.5.